The van der Waals surface area contributed by atoms with Gasteiger partial charge in [0.1, 0.15) is 0 Å². The molecule has 1 aliphatic rings. The maximum absolute atomic E-state index is 4.70. The van der Waals surface area contributed by atoms with Crippen LogP contribution in [0, 0.1) is 0 Å². The molecule has 0 radical (unpaired) electrons. The monoisotopic (exact) mass is 438 g/mol. The van der Waals surface area contributed by atoms with Crippen LogP contribution in [-0.4, -0.2) is 26.2 Å². The fourth-order valence-corrected chi connectivity index (χ4v) is 2.87. The first-order valence-electron chi connectivity index (χ1n) is 8.72. The van der Waals surface area contributed by atoms with Crippen molar-refractivity contribution in [3.63, 3.8) is 0 Å². The molecule has 0 aromatic heterocycles. The molecule has 0 saturated heterocycles. The second kappa shape index (κ2) is 13.2. The molecule has 2 aromatic carbocycles. The van der Waals surface area contributed by atoms with E-state index in [4.69, 9.17) is 20.4 Å². The van der Waals surface area contributed by atoms with Crippen molar-refractivity contribution in [1.29, 1.82) is 0 Å². The number of para-hydroxylation sites is 2. The smallest absolute Gasteiger partial charge is 0.0386 e. The number of halogens is 2. The summed E-state index contributed by atoms with van der Waals surface area (Å²) in [6.07, 6.45) is 1.13. The molecule has 3 rings (SSSR count). The fraction of sp³-hybridized carbons (Fsp3) is 0.368. The summed E-state index contributed by atoms with van der Waals surface area (Å²) in [6, 6.07) is 17.1. The predicted molar refractivity (Wildman–Crippen MR) is 110 cm³/mol. The van der Waals surface area contributed by atoms with Crippen LogP contribution in [0.25, 0.3) is 0 Å². The minimum atomic E-state index is 0.569. The van der Waals surface area contributed by atoms with E-state index in [1.54, 1.807) is 0 Å². The second-order valence-corrected chi connectivity index (χ2v) is 7.55. The van der Waals surface area contributed by atoms with Crippen molar-refractivity contribution in [2.45, 2.75) is 19.5 Å². The van der Waals surface area contributed by atoms with Crippen molar-refractivity contribution < 1.29 is 12.7 Å². The molecule has 26 heavy (non-hydrogen) atoms. The van der Waals surface area contributed by atoms with E-state index in [0.717, 1.165) is 45.7 Å². The maximum Gasteiger partial charge on any atom is 0.0386 e. The molecular weight excluding hydrogens is 414 g/mol. The number of fused-ring (bicyclic) bond motifs is 2. The van der Waals surface area contributed by atoms with Gasteiger partial charge in [-0.3, -0.25) is 0 Å². The van der Waals surface area contributed by atoms with E-state index in [0.29, 0.717) is 12.7 Å². The molecular formula is C19H26Cl2N4Ni. The van der Waals surface area contributed by atoms with Crippen LogP contribution in [0.4, 0.5) is 11.4 Å². The largest absolute Gasteiger partial charge is 0.383 e. The van der Waals surface area contributed by atoms with Crippen molar-refractivity contribution in [2.75, 3.05) is 36.8 Å². The van der Waals surface area contributed by atoms with Crippen molar-refractivity contribution in [2.24, 2.45) is 0 Å². The zero-order chi connectivity index (χ0) is 18.5. The molecule has 7 heteroatoms. The average molecular weight is 440 g/mol. The van der Waals surface area contributed by atoms with Gasteiger partial charge in [-0.1, -0.05) is 36.4 Å². The van der Waals surface area contributed by atoms with Crippen molar-refractivity contribution in [3.05, 3.63) is 59.7 Å². The van der Waals surface area contributed by atoms with Crippen molar-refractivity contribution in [1.82, 2.24) is 10.6 Å². The molecule has 0 spiro atoms. The zero-order valence-corrected chi connectivity index (χ0v) is 17.1. The number of hydrogen-bond donors (Lipinski definition) is 4. The summed E-state index contributed by atoms with van der Waals surface area (Å²) in [5.41, 5.74) is 5.11. The quantitative estimate of drug-likeness (QED) is 0.465. The number of benzene rings is 2. The van der Waals surface area contributed by atoms with Gasteiger partial charge in [0.2, 0.25) is 0 Å². The Morgan fingerprint density at radius 3 is 1.54 bits per heavy atom. The van der Waals surface area contributed by atoms with E-state index in [1.807, 2.05) is 0 Å². The van der Waals surface area contributed by atoms with Gasteiger partial charge >= 0.3 is 33.0 Å². The summed E-state index contributed by atoms with van der Waals surface area (Å²) in [4.78, 5) is 0. The maximum atomic E-state index is 4.70. The molecule has 146 valence electrons. The number of rotatable bonds is 0. The van der Waals surface area contributed by atoms with Gasteiger partial charge in [-0.25, -0.2) is 0 Å². The molecule has 1 heterocycles. The van der Waals surface area contributed by atoms with Crippen LogP contribution in [0.2, 0.25) is 0 Å². The van der Waals surface area contributed by atoms with Gasteiger partial charge in [-0.2, -0.15) is 0 Å². The molecule has 0 atom stereocenters. The summed E-state index contributed by atoms with van der Waals surface area (Å²) < 4.78 is 0. The summed E-state index contributed by atoms with van der Waals surface area (Å²) in [7, 11) is 9.40. The molecule has 0 amide bonds. The van der Waals surface area contributed by atoms with E-state index in [9.17, 15) is 0 Å². The molecule has 0 unspecified atom stereocenters. The Morgan fingerprint density at radius 2 is 1.08 bits per heavy atom. The minimum absolute atomic E-state index is 0.569. The number of hydrogen-bond acceptors (Lipinski definition) is 4. The molecule has 0 bridgehead atoms. The number of nitrogens with one attached hydrogen (secondary N) is 4. The van der Waals surface area contributed by atoms with Crippen LogP contribution < -0.4 is 21.3 Å². The molecule has 2 aromatic rings. The van der Waals surface area contributed by atoms with Crippen LogP contribution in [0.15, 0.2) is 48.5 Å². The van der Waals surface area contributed by atoms with Gasteiger partial charge in [0.25, 0.3) is 0 Å². The van der Waals surface area contributed by atoms with Gasteiger partial charge in [0.05, 0.1) is 0 Å². The second-order valence-electron chi connectivity index (χ2n) is 5.92. The molecule has 0 saturated carbocycles. The van der Waals surface area contributed by atoms with E-state index in [1.165, 1.54) is 22.5 Å². The molecule has 0 aliphatic carbocycles. The van der Waals surface area contributed by atoms with Gasteiger partial charge in [0.15, 0.2) is 0 Å². The Kier molecular flexibility index (Phi) is 10.9. The van der Waals surface area contributed by atoms with Crippen LogP contribution in [0.5, 0.6) is 0 Å². The normalized spacial score (nSPS) is 15.6. The van der Waals surface area contributed by atoms with Crippen molar-refractivity contribution in [3.8, 4) is 0 Å². The predicted octanol–water partition coefficient (Wildman–Crippen LogP) is 4.17. The Hall–Kier alpha value is -0.966. The average Bonchev–Trinajstić information content (AvgIpc) is 2.67. The first-order chi connectivity index (χ1) is 12.8. The van der Waals surface area contributed by atoms with E-state index in [2.05, 4.69) is 69.8 Å². The van der Waals surface area contributed by atoms with E-state index < -0.39 is 0 Å². The third-order valence-electron chi connectivity index (χ3n) is 4.13. The van der Waals surface area contributed by atoms with E-state index >= 15 is 0 Å². The molecule has 0 fully saturated rings. The van der Waals surface area contributed by atoms with Crippen molar-refractivity contribution >= 4 is 31.8 Å². The summed E-state index contributed by atoms with van der Waals surface area (Å²) in [5.74, 6) is 0. The Labute approximate surface area is 170 Å². The number of anilines is 2. The molecule has 4 nitrogen and oxygen atoms in total. The van der Waals surface area contributed by atoms with Gasteiger partial charge in [0, 0.05) is 37.6 Å². The molecule has 4 N–H and O–H groups in total. The third-order valence-corrected chi connectivity index (χ3v) is 4.13. The van der Waals surface area contributed by atoms with Gasteiger partial charge in [-0.15, -0.1) is 0 Å². The van der Waals surface area contributed by atoms with Gasteiger partial charge < -0.3 is 21.3 Å². The van der Waals surface area contributed by atoms with E-state index in [-0.39, 0.29) is 0 Å². The van der Waals surface area contributed by atoms with Crippen LogP contribution >= 0.6 is 20.4 Å². The SMILES string of the molecule is [Cl][Ni][Cl].c1ccc2c(c1)CNCCCNCc1ccccc1NCCN2. The van der Waals surface area contributed by atoms with Gasteiger partial charge in [-0.05, 0) is 42.8 Å². The first kappa shape index (κ1) is 21.3. The Morgan fingerprint density at radius 1 is 0.654 bits per heavy atom. The van der Waals surface area contributed by atoms with Crippen LogP contribution in [-0.2, 0) is 25.7 Å². The summed E-state index contributed by atoms with van der Waals surface area (Å²) in [6.45, 7) is 5.69. The zero-order valence-electron chi connectivity index (χ0n) is 14.6. The first-order valence-corrected chi connectivity index (χ1v) is 11.4. The third kappa shape index (κ3) is 7.73. The molecule has 1 aliphatic heterocycles. The minimum Gasteiger partial charge on any atom is -0.383 e. The standard InChI is InChI=1S/C19H26N4.2ClH.Ni/c1-3-8-18-16(6-1)14-20-10-5-11-21-15-17-7-2-4-9-19(17)23-13-12-22-18;;;/h1-4,6-9,20-23H,5,10-15H2;2*1H;/q;;;+2/p-2. The Bertz CT molecular complexity index is 589. The summed E-state index contributed by atoms with van der Waals surface area (Å²) in [5, 5.41) is 14.2. The fourth-order valence-electron chi connectivity index (χ4n) is 2.87. The summed E-state index contributed by atoms with van der Waals surface area (Å²) >= 11 is 0.569. The Balaban J connectivity index is 0.000000758. The van der Waals surface area contributed by atoms with Crippen LogP contribution in [0.1, 0.15) is 17.5 Å². The topological polar surface area (TPSA) is 48.1 Å². The van der Waals surface area contributed by atoms with Crippen LogP contribution in [0.3, 0.4) is 0 Å².